The number of methoxy groups -OCH3 is 2. The highest BCUT2D eigenvalue weighted by atomic mass is 32.2. The van der Waals surface area contributed by atoms with Gasteiger partial charge in [0, 0.05) is 17.9 Å². The number of hydrogen-bond acceptors (Lipinski definition) is 6. The van der Waals surface area contributed by atoms with Crippen LogP contribution < -0.4 is 15.0 Å². The van der Waals surface area contributed by atoms with Crippen molar-refractivity contribution in [3.05, 3.63) is 58.4 Å². The molecule has 1 aliphatic heterocycles. The first kappa shape index (κ1) is 19.8. The van der Waals surface area contributed by atoms with Gasteiger partial charge in [0.1, 0.15) is 11.5 Å². The normalized spacial score (nSPS) is 16.3. The van der Waals surface area contributed by atoms with Crippen molar-refractivity contribution in [3.8, 4) is 11.5 Å². The second kappa shape index (κ2) is 8.88. The van der Waals surface area contributed by atoms with Crippen LogP contribution in [-0.4, -0.2) is 36.5 Å². The van der Waals surface area contributed by atoms with E-state index in [-0.39, 0.29) is 11.7 Å². The fourth-order valence-corrected chi connectivity index (χ4v) is 4.53. The van der Waals surface area contributed by atoms with Crippen LogP contribution in [0.2, 0.25) is 0 Å². The lowest BCUT2D eigenvalue weighted by Gasteiger charge is -2.17. The molecule has 0 N–H and O–H groups in total. The second-order valence-corrected chi connectivity index (χ2v) is 7.87. The molecule has 1 fully saturated rings. The van der Waals surface area contributed by atoms with Crippen LogP contribution in [-0.2, 0) is 17.0 Å². The molecule has 6 nitrogen and oxygen atoms in total. The predicted octanol–water partition coefficient (Wildman–Crippen LogP) is 3.89. The molecule has 0 bridgehead atoms. The van der Waals surface area contributed by atoms with E-state index in [2.05, 4.69) is 0 Å². The highest BCUT2D eigenvalue weighted by molar-refractivity contribution is 7.98. The minimum absolute atomic E-state index is 0.0220. The van der Waals surface area contributed by atoms with Gasteiger partial charge in [-0.2, -0.15) is 0 Å². The summed E-state index contributed by atoms with van der Waals surface area (Å²) >= 11 is 1.52. The average Bonchev–Trinajstić information content (AvgIpc) is 3.27. The molecule has 1 saturated heterocycles. The molecular weight excluding hydrogens is 388 g/mol. The first-order chi connectivity index (χ1) is 14.2. The van der Waals surface area contributed by atoms with Crippen molar-refractivity contribution in [2.75, 3.05) is 20.8 Å². The van der Waals surface area contributed by atoms with Crippen LogP contribution in [0.15, 0.2) is 52.4 Å². The van der Waals surface area contributed by atoms with Crippen molar-refractivity contribution in [3.63, 3.8) is 0 Å². The third kappa shape index (κ3) is 4.26. The Bertz CT molecular complexity index is 1060. The molecule has 152 valence electrons. The molecule has 7 heteroatoms. The van der Waals surface area contributed by atoms with E-state index < -0.39 is 0 Å². The van der Waals surface area contributed by atoms with E-state index in [1.54, 1.807) is 18.8 Å². The first-order valence-corrected chi connectivity index (χ1v) is 10.6. The van der Waals surface area contributed by atoms with Gasteiger partial charge in [-0.05, 0) is 43.2 Å². The summed E-state index contributed by atoms with van der Waals surface area (Å²) in [6, 6.07) is 13.2. The van der Waals surface area contributed by atoms with Crippen LogP contribution in [0.5, 0.6) is 11.5 Å². The Morgan fingerprint density at radius 1 is 1.21 bits per heavy atom. The van der Waals surface area contributed by atoms with Gasteiger partial charge in [0.15, 0.2) is 5.16 Å². The van der Waals surface area contributed by atoms with E-state index in [0.29, 0.717) is 28.4 Å². The van der Waals surface area contributed by atoms with E-state index in [4.69, 9.17) is 19.2 Å². The molecule has 4 rings (SSSR count). The largest absolute Gasteiger partial charge is 0.497 e. The van der Waals surface area contributed by atoms with Gasteiger partial charge in [0.05, 0.1) is 37.8 Å². The molecule has 1 aromatic heterocycles. The van der Waals surface area contributed by atoms with Crippen LogP contribution >= 0.6 is 11.8 Å². The zero-order chi connectivity index (χ0) is 20.2. The molecule has 2 heterocycles. The maximum Gasteiger partial charge on any atom is 0.262 e. The van der Waals surface area contributed by atoms with Crippen molar-refractivity contribution in [2.24, 2.45) is 0 Å². The van der Waals surface area contributed by atoms with Crippen molar-refractivity contribution in [2.45, 2.75) is 36.4 Å². The number of para-hydroxylation sites is 1. The monoisotopic (exact) mass is 412 g/mol. The van der Waals surface area contributed by atoms with Gasteiger partial charge < -0.3 is 14.2 Å². The van der Waals surface area contributed by atoms with Crippen LogP contribution in [0.25, 0.3) is 10.9 Å². The van der Waals surface area contributed by atoms with Gasteiger partial charge in [-0.3, -0.25) is 9.36 Å². The zero-order valence-corrected chi connectivity index (χ0v) is 17.4. The summed E-state index contributed by atoms with van der Waals surface area (Å²) in [5.74, 6) is 2.16. The Kier molecular flexibility index (Phi) is 6.06. The fraction of sp³-hybridized carbons (Fsp3) is 0.364. The van der Waals surface area contributed by atoms with Gasteiger partial charge in [0.2, 0.25) is 0 Å². The summed E-state index contributed by atoms with van der Waals surface area (Å²) in [6.45, 7) is 1.28. The van der Waals surface area contributed by atoms with Crippen LogP contribution in [0, 0.1) is 0 Å². The number of aromatic nitrogens is 2. The topological polar surface area (TPSA) is 62.6 Å². The summed E-state index contributed by atoms with van der Waals surface area (Å²) < 4.78 is 18.4. The number of rotatable bonds is 7. The molecule has 0 radical (unpaired) electrons. The maximum absolute atomic E-state index is 13.2. The minimum atomic E-state index is -0.0220. The number of nitrogens with zero attached hydrogens (tertiary/aromatic N) is 2. The highest BCUT2D eigenvalue weighted by Crippen LogP contribution is 2.30. The Balaban J connectivity index is 1.69. The highest BCUT2D eigenvalue weighted by Gasteiger charge is 2.20. The van der Waals surface area contributed by atoms with Crippen molar-refractivity contribution >= 4 is 22.7 Å². The third-order valence-electron chi connectivity index (χ3n) is 5.08. The molecule has 0 spiro atoms. The number of thioether (sulfide) groups is 1. The Morgan fingerprint density at radius 3 is 2.83 bits per heavy atom. The second-order valence-electron chi connectivity index (χ2n) is 6.93. The van der Waals surface area contributed by atoms with Gasteiger partial charge >= 0.3 is 0 Å². The number of benzene rings is 2. The van der Waals surface area contributed by atoms with Crippen LogP contribution in [0.4, 0.5) is 0 Å². The van der Waals surface area contributed by atoms with Crippen molar-refractivity contribution < 1.29 is 14.2 Å². The molecule has 2 aromatic carbocycles. The number of fused-ring (bicyclic) bond motifs is 1. The van der Waals surface area contributed by atoms with E-state index >= 15 is 0 Å². The predicted molar refractivity (Wildman–Crippen MR) is 114 cm³/mol. The van der Waals surface area contributed by atoms with Crippen LogP contribution in [0.1, 0.15) is 18.4 Å². The Morgan fingerprint density at radius 2 is 2.07 bits per heavy atom. The average molecular weight is 413 g/mol. The summed E-state index contributed by atoms with van der Waals surface area (Å²) in [5.41, 5.74) is 1.68. The third-order valence-corrected chi connectivity index (χ3v) is 6.11. The summed E-state index contributed by atoms with van der Waals surface area (Å²) in [5, 5.41) is 1.32. The molecule has 3 aromatic rings. The summed E-state index contributed by atoms with van der Waals surface area (Å²) in [4.78, 5) is 18.0. The van der Waals surface area contributed by atoms with Gasteiger partial charge in [-0.25, -0.2) is 4.98 Å². The summed E-state index contributed by atoms with van der Waals surface area (Å²) in [7, 11) is 3.29. The molecule has 0 aliphatic carbocycles. The number of ether oxygens (including phenoxy) is 3. The van der Waals surface area contributed by atoms with E-state index in [0.717, 1.165) is 36.5 Å². The molecule has 1 atom stereocenters. The Labute approximate surface area is 173 Å². The quantitative estimate of drug-likeness (QED) is 0.433. The first-order valence-electron chi connectivity index (χ1n) is 9.64. The molecular formula is C22H24N2O4S. The number of hydrogen-bond donors (Lipinski definition) is 0. The lowest BCUT2D eigenvalue weighted by Crippen LogP contribution is -2.28. The van der Waals surface area contributed by atoms with Crippen LogP contribution in [0.3, 0.4) is 0 Å². The lowest BCUT2D eigenvalue weighted by atomic mass is 10.2. The summed E-state index contributed by atoms with van der Waals surface area (Å²) in [6.07, 6.45) is 2.05. The minimum Gasteiger partial charge on any atom is -0.497 e. The zero-order valence-electron chi connectivity index (χ0n) is 16.6. The molecule has 0 saturated carbocycles. The standard InChI is InChI=1S/C22H24N2O4S/c1-26-16-9-10-20(27-2)15(12-16)14-29-22-23-19-8-4-3-7-18(19)21(25)24(22)13-17-6-5-11-28-17/h3-4,7-10,12,17H,5-6,11,13-14H2,1-2H3/t17-/m1/s1. The molecule has 29 heavy (non-hydrogen) atoms. The van der Waals surface area contributed by atoms with E-state index in [9.17, 15) is 4.79 Å². The molecule has 1 aliphatic rings. The van der Waals surface area contributed by atoms with Gasteiger partial charge in [-0.15, -0.1) is 0 Å². The SMILES string of the molecule is COc1ccc(OC)c(CSc2nc3ccccc3c(=O)n2C[C@H]2CCCO2)c1. The lowest BCUT2D eigenvalue weighted by molar-refractivity contribution is 0.0937. The van der Waals surface area contributed by atoms with Gasteiger partial charge in [0.25, 0.3) is 5.56 Å². The molecule has 0 amide bonds. The van der Waals surface area contributed by atoms with E-state index in [1.807, 2.05) is 42.5 Å². The Hall–Kier alpha value is -2.51. The van der Waals surface area contributed by atoms with Crippen molar-refractivity contribution in [1.82, 2.24) is 9.55 Å². The fourth-order valence-electron chi connectivity index (χ4n) is 3.55. The van der Waals surface area contributed by atoms with Crippen molar-refractivity contribution in [1.29, 1.82) is 0 Å². The van der Waals surface area contributed by atoms with Gasteiger partial charge in [-0.1, -0.05) is 23.9 Å². The molecule has 0 unspecified atom stereocenters. The van der Waals surface area contributed by atoms with E-state index in [1.165, 1.54) is 11.8 Å². The maximum atomic E-state index is 13.2. The smallest absolute Gasteiger partial charge is 0.262 e.